The summed E-state index contributed by atoms with van der Waals surface area (Å²) >= 11 is 0. The smallest absolute Gasteiger partial charge is 0.168 e. The van der Waals surface area contributed by atoms with Crippen molar-refractivity contribution in [2.45, 2.75) is 12.2 Å². The lowest BCUT2D eigenvalue weighted by molar-refractivity contribution is 0.590. The van der Waals surface area contributed by atoms with Crippen molar-refractivity contribution in [3.8, 4) is 12.3 Å². The molecule has 0 aliphatic heterocycles. The molecule has 0 spiro atoms. The minimum atomic E-state index is -3.20. The van der Waals surface area contributed by atoms with Gasteiger partial charge in [0.2, 0.25) is 0 Å². The van der Waals surface area contributed by atoms with Crippen LogP contribution in [-0.4, -0.2) is 14.2 Å². The zero-order valence-electron chi connectivity index (χ0n) is 7.97. The van der Waals surface area contributed by atoms with E-state index in [0.29, 0.717) is 0 Å². The van der Waals surface area contributed by atoms with Crippen molar-refractivity contribution >= 4 is 9.84 Å². The van der Waals surface area contributed by atoms with E-state index in [1.165, 1.54) is 0 Å². The molecular weight excluding hydrogens is 196 g/mol. The topological polar surface area (TPSA) is 34.1 Å². The first kappa shape index (κ1) is 10.8. The molecule has 0 radical (unpaired) electrons. The van der Waals surface area contributed by atoms with Gasteiger partial charge in [0.05, 0.1) is 5.25 Å². The molecule has 0 aromatic heterocycles. The summed E-state index contributed by atoms with van der Waals surface area (Å²) in [4.78, 5) is 0. The first-order valence-corrected chi connectivity index (χ1v) is 5.99. The minimum Gasteiger partial charge on any atom is -0.227 e. The molecule has 2 nitrogen and oxygen atoms in total. The van der Waals surface area contributed by atoms with Crippen LogP contribution in [0.3, 0.4) is 0 Å². The van der Waals surface area contributed by atoms with Crippen LogP contribution in [-0.2, 0) is 9.84 Å². The van der Waals surface area contributed by atoms with E-state index in [1.807, 2.05) is 18.2 Å². The highest BCUT2D eigenvalue weighted by atomic mass is 32.2. The van der Waals surface area contributed by atoms with Crippen LogP contribution >= 0.6 is 0 Å². The molecule has 0 aliphatic carbocycles. The van der Waals surface area contributed by atoms with Gasteiger partial charge in [0, 0.05) is 0 Å². The second-order valence-corrected chi connectivity index (χ2v) is 5.39. The number of hydrogen-bond acceptors (Lipinski definition) is 2. The van der Waals surface area contributed by atoms with Gasteiger partial charge in [-0.2, -0.15) is 0 Å². The van der Waals surface area contributed by atoms with E-state index in [4.69, 9.17) is 6.42 Å². The summed E-state index contributed by atoms with van der Waals surface area (Å²) in [6, 6.07) is 9.07. The standard InChI is InChI=1S/C11H12O2S/c1-3-9-14(12,13)10(2)11-7-5-4-6-8-11/h1,4-8,10H,9H2,2H3. The van der Waals surface area contributed by atoms with Crippen LogP contribution in [0.15, 0.2) is 30.3 Å². The van der Waals surface area contributed by atoms with Gasteiger partial charge < -0.3 is 0 Å². The first-order chi connectivity index (χ1) is 6.58. The van der Waals surface area contributed by atoms with Crippen LogP contribution in [0.1, 0.15) is 17.7 Å². The first-order valence-electron chi connectivity index (χ1n) is 4.28. The van der Waals surface area contributed by atoms with Gasteiger partial charge in [0.1, 0.15) is 5.75 Å². The van der Waals surface area contributed by atoms with Crippen molar-refractivity contribution in [1.82, 2.24) is 0 Å². The Morgan fingerprint density at radius 1 is 1.36 bits per heavy atom. The molecule has 0 N–H and O–H groups in total. The Hall–Kier alpha value is -1.27. The van der Waals surface area contributed by atoms with E-state index in [9.17, 15) is 8.42 Å². The maximum Gasteiger partial charge on any atom is 0.168 e. The Kier molecular flexibility index (Phi) is 3.32. The van der Waals surface area contributed by atoms with Crippen LogP contribution in [0, 0.1) is 12.3 Å². The molecule has 0 saturated carbocycles. The predicted molar refractivity (Wildman–Crippen MR) is 57.5 cm³/mol. The average molecular weight is 208 g/mol. The molecule has 0 fully saturated rings. The maximum atomic E-state index is 11.6. The third-order valence-corrected chi connectivity index (χ3v) is 4.01. The molecular formula is C11H12O2S. The number of benzene rings is 1. The van der Waals surface area contributed by atoms with Crippen LogP contribution in [0.4, 0.5) is 0 Å². The molecule has 0 heterocycles. The predicted octanol–water partition coefficient (Wildman–Crippen LogP) is 1.80. The molecule has 1 rings (SSSR count). The van der Waals surface area contributed by atoms with Gasteiger partial charge in [0.25, 0.3) is 0 Å². The minimum absolute atomic E-state index is 0.205. The van der Waals surface area contributed by atoms with Gasteiger partial charge in [0.15, 0.2) is 9.84 Å². The van der Waals surface area contributed by atoms with Crippen LogP contribution < -0.4 is 0 Å². The van der Waals surface area contributed by atoms with Crippen molar-refractivity contribution in [3.63, 3.8) is 0 Å². The summed E-state index contributed by atoms with van der Waals surface area (Å²) in [5, 5.41) is -0.528. The highest BCUT2D eigenvalue weighted by Gasteiger charge is 2.20. The van der Waals surface area contributed by atoms with Crippen molar-refractivity contribution in [2.24, 2.45) is 0 Å². The molecule has 0 aliphatic rings. The second-order valence-electron chi connectivity index (χ2n) is 3.06. The SMILES string of the molecule is C#CCS(=O)(=O)C(C)c1ccccc1. The Morgan fingerprint density at radius 3 is 2.43 bits per heavy atom. The number of rotatable bonds is 3. The molecule has 0 amide bonds. The molecule has 0 saturated heterocycles. The number of terminal acetylenes is 1. The van der Waals surface area contributed by atoms with Gasteiger partial charge >= 0.3 is 0 Å². The van der Waals surface area contributed by atoms with E-state index < -0.39 is 15.1 Å². The zero-order chi connectivity index (χ0) is 10.6. The van der Waals surface area contributed by atoms with Crippen molar-refractivity contribution < 1.29 is 8.42 Å². The Morgan fingerprint density at radius 2 is 1.93 bits per heavy atom. The molecule has 14 heavy (non-hydrogen) atoms. The Labute approximate surface area is 84.9 Å². The quantitative estimate of drug-likeness (QED) is 0.710. The van der Waals surface area contributed by atoms with Crippen LogP contribution in [0.25, 0.3) is 0 Å². The van der Waals surface area contributed by atoms with Crippen LogP contribution in [0.2, 0.25) is 0 Å². The fraction of sp³-hybridized carbons (Fsp3) is 0.273. The summed E-state index contributed by atoms with van der Waals surface area (Å²) in [5.74, 6) is 1.97. The third-order valence-electron chi connectivity index (χ3n) is 2.09. The maximum absolute atomic E-state index is 11.6. The van der Waals surface area contributed by atoms with E-state index >= 15 is 0 Å². The van der Waals surface area contributed by atoms with E-state index in [-0.39, 0.29) is 5.75 Å². The highest BCUT2D eigenvalue weighted by molar-refractivity contribution is 7.91. The summed E-state index contributed by atoms with van der Waals surface area (Å²) in [7, 11) is -3.20. The van der Waals surface area contributed by atoms with E-state index in [2.05, 4.69) is 5.92 Å². The van der Waals surface area contributed by atoms with Gasteiger partial charge in [-0.05, 0) is 12.5 Å². The zero-order valence-corrected chi connectivity index (χ0v) is 8.79. The molecule has 1 aromatic carbocycles. The van der Waals surface area contributed by atoms with Gasteiger partial charge in [-0.1, -0.05) is 36.3 Å². The third kappa shape index (κ3) is 2.36. The van der Waals surface area contributed by atoms with Crippen molar-refractivity contribution in [1.29, 1.82) is 0 Å². The fourth-order valence-electron chi connectivity index (χ4n) is 1.17. The van der Waals surface area contributed by atoms with Crippen molar-refractivity contribution in [3.05, 3.63) is 35.9 Å². The number of sulfone groups is 1. The summed E-state index contributed by atoms with van der Waals surface area (Å²) < 4.78 is 23.2. The molecule has 1 atom stereocenters. The molecule has 0 bridgehead atoms. The lowest BCUT2D eigenvalue weighted by Gasteiger charge is -2.10. The summed E-state index contributed by atoms with van der Waals surface area (Å²) in [6.07, 6.45) is 5.00. The summed E-state index contributed by atoms with van der Waals surface area (Å²) in [5.41, 5.74) is 0.780. The molecule has 1 unspecified atom stereocenters. The highest BCUT2D eigenvalue weighted by Crippen LogP contribution is 2.21. The molecule has 3 heteroatoms. The molecule has 1 aromatic rings. The monoisotopic (exact) mass is 208 g/mol. The van der Waals surface area contributed by atoms with Gasteiger partial charge in [-0.15, -0.1) is 6.42 Å². The lowest BCUT2D eigenvalue weighted by Crippen LogP contribution is -2.12. The van der Waals surface area contributed by atoms with Crippen LogP contribution in [0.5, 0.6) is 0 Å². The Bertz CT molecular complexity index is 426. The lowest BCUT2D eigenvalue weighted by atomic mass is 10.2. The number of hydrogen-bond donors (Lipinski definition) is 0. The van der Waals surface area contributed by atoms with E-state index in [1.54, 1.807) is 19.1 Å². The van der Waals surface area contributed by atoms with Crippen molar-refractivity contribution in [2.75, 3.05) is 5.75 Å². The van der Waals surface area contributed by atoms with Gasteiger partial charge in [-0.25, -0.2) is 8.42 Å². The largest absolute Gasteiger partial charge is 0.227 e. The normalized spacial score (nSPS) is 13.1. The van der Waals surface area contributed by atoms with E-state index in [0.717, 1.165) is 5.56 Å². The van der Waals surface area contributed by atoms with Gasteiger partial charge in [-0.3, -0.25) is 0 Å². The average Bonchev–Trinajstić information content (AvgIpc) is 2.18. The summed E-state index contributed by atoms with van der Waals surface area (Å²) in [6.45, 7) is 1.65. The molecule has 74 valence electrons. The second kappa shape index (κ2) is 4.30. The Balaban J connectivity index is 2.98. The fourth-order valence-corrected chi connectivity index (χ4v) is 2.23.